The average Bonchev–Trinajstić information content (AvgIpc) is 2.61. The van der Waals surface area contributed by atoms with Crippen molar-refractivity contribution < 1.29 is 0 Å². The van der Waals surface area contributed by atoms with Gasteiger partial charge in [-0.2, -0.15) is 0 Å². The summed E-state index contributed by atoms with van der Waals surface area (Å²) >= 11 is 0. The van der Waals surface area contributed by atoms with Gasteiger partial charge in [0.05, 0.1) is 12.0 Å². The first kappa shape index (κ1) is 7.80. The zero-order valence-electron chi connectivity index (χ0n) is 8.20. The minimum absolute atomic E-state index is 1.11. The zero-order chi connectivity index (χ0) is 9.54. The maximum Gasteiger partial charge on any atom is 0.0953 e. The van der Waals surface area contributed by atoms with E-state index in [0.717, 1.165) is 12.8 Å². The fraction of sp³-hybridized carbons (Fsp3) is 0.250. The smallest absolute Gasteiger partial charge is 0.0953 e. The molecule has 0 fully saturated rings. The molecule has 0 radical (unpaired) electrons. The summed E-state index contributed by atoms with van der Waals surface area (Å²) in [6.45, 7) is 0. The number of hydrogen-bond donors (Lipinski definition) is 0. The fourth-order valence-corrected chi connectivity index (χ4v) is 2.20. The molecule has 1 aromatic heterocycles. The second kappa shape index (κ2) is 2.71. The molecule has 0 saturated heterocycles. The van der Waals surface area contributed by atoms with Gasteiger partial charge in [0.15, 0.2) is 0 Å². The monoisotopic (exact) mass is 184 g/mol. The van der Waals surface area contributed by atoms with Gasteiger partial charge in [-0.25, -0.2) is 4.98 Å². The lowest BCUT2D eigenvalue weighted by molar-refractivity contribution is 0.792. The van der Waals surface area contributed by atoms with E-state index in [4.69, 9.17) is 0 Å². The molecule has 70 valence electrons. The first-order valence-corrected chi connectivity index (χ1v) is 4.95. The summed E-state index contributed by atoms with van der Waals surface area (Å²) in [5, 5.41) is 0. The van der Waals surface area contributed by atoms with E-state index in [-0.39, 0.29) is 0 Å². The van der Waals surface area contributed by atoms with E-state index >= 15 is 0 Å². The third-order valence-corrected chi connectivity index (χ3v) is 2.96. The lowest BCUT2D eigenvalue weighted by Crippen LogP contribution is -2.06. The molecule has 3 rings (SSSR count). The molecule has 14 heavy (non-hydrogen) atoms. The highest BCUT2D eigenvalue weighted by molar-refractivity contribution is 5.68. The van der Waals surface area contributed by atoms with Crippen molar-refractivity contribution in [2.45, 2.75) is 12.8 Å². The summed E-state index contributed by atoms with van der Waals surface area (Å²) in [5.41, 5.74) is 5.28. The van der Waals surface area contributed by atoms with Crippen LogP contribution in [0.4, 0.5) is 0 Å². The maximum absolute atomic E-state index is 4.46. The second-order valence-corrected chi connectivity index (χ2v) is 3.81. The number of hydrogen-bond acceptors (Lipinski definition) is 1. The highest BCUT2D eigenvalue weighted by Crippen LogP contribution is 2.31. The molecule has 0 aliphatic heterocycles. The van der Waals surface area contributed by atoms with Crippen LogP contribution >= 0.6 is 0 Å². The average molecular weight is 184 g/mol. The van der Waals surface area contributed by atoms with E-state index in [1.165, 1.54) is 22.5 Å². The molecule has 0 atom stereocenters. The molecular formula is C12H12N2. The molecule has 1 aliphatic rings. The van der Waals surface area contributed by atoms with Crippen LogP contribution in [0.15, 0.2) is 30.6 Å². The Balaban J connectivity index is 2.29. The van der Waals surface area contributed by atoms with Crippen LogP contribution < -0.4 is 0 Å². The number of benzene rings is 1. The molecule has 1 heterocycles. The van der Waals surface area contributed by atoms with Crippen LogP contribution in [0.5, 0.6) is 0 Å². The Morgan fingerprint density at radius 3 is 3.00 bits per heavy atom. The van der Waals surface area contributed by atoms with Crippen LogP contribution in [0.25, 0.3) is 11.3 Å². The summed E-state index contributed by atoms with van der Waals surface area (Å²) in [7, 11) is 2.07. The van der Waals surface area contributed by atoms with E-state index in [0.29, 0.717) is 0 Å². The van der Waals surface area contributed by atoms with E-state index in [1.807, 2.05) is 6.33 Å². The molecule has 2 heteroatoms. The largest absolute Gasteiger partial charge is 0.337 e. The number of nitrogens with zero attached hydrogens (tertiary/aromatic N) is 2. The Morgan fingerprint density at radius 1 is 1.21 bits per heavy atom. The summed E-state index contributed by atoms with van der Waals surface area (Å²) in [4.78, 5) is 4.46. The summed E-state index contributed by atoms with van der Waals surface area (Å²) < 4.78 is 2.13. The third-order valence-electron chi connectivity index (χ3n) is 2.96. The molecule has 2 nitrogen and oxygen atoms in total. The van der Waals surface area contributed by atoms with Crippen molar-refractivity contribution in [3.8, 4) is 11.3 Å². The minimum Gasteiger partial charge on any atom is -0.337 e. The number of imidazole rings is 1. The predicted octanol–water partition coefficient (Wildman–Crippen LogP) is 2.19. The van der Waals surface area contributed by atoms with Gasteiger partial charge in [0.1, 0.15) is 0 Å². The van der Waals surface area contributed by atoms with Crippen molar-refractivity contribution in [2.24, 2.45) is 7.05 Å². The van der Waals surface area contributed by atoms with E-state index in [2.05, 4.69) is 40.9 Å². The Kier molecular flexibility index (Phi) is 1.51. The lowest BCUT2D eigenvalue weighted by atomic mass is 9.92. The Morgan fingerprint density at radius 2 is 2.07 bits per heavy atom. The van der Waals surface area contributed by atoms with Crippen LogP contribution in [-0.4, -0.2) is 9.55 Å². The van der Waals surface area contributed by atoms with Crippen LogP contribution in [-0.2, 0) is 19.9 Å². The molecular weight excluding hydrogens is 172 g/mol. The molecule has 0 spiro atoms. The van der Waals surface area contributed by atoms with Crippen molar-refractivity contribution in [3.63, 3.8) is 0 Å². The predicted molar refractivity (Wildman–Crippen MR) is 56.1 cm³/mol. The second-order valence-electron chi connectivity index (χ2n) is 3.81. The van der Waals surface area contributed by atoms with Crippen molar-refractivity contribution in [2.75, 3.05) is 0 Å². The van der Waals surface area contributed by atoms with Gasteiger partial charge in [0.2, 0.25) is 0 Å². The molecule has 1 aromatic carbocycles. The Bertz CT molecular complexity index is 483. The van der Waals surface area contributed by atoms with Crippen LogP contribution in [0.1, 0.15) is 11.3 Å². The number of rotatable bonds is 0. The quantitative estimate of drug-likeness (QED) is 0.613. The van der Waals surface area contributed by atoms with E-state index in [1.54, 1.807) is 0 Å². The van der Waals surface area contributed by atoms with Crippen molar-refractivity contribution in [1.82, 2.24) is 9.55 Å². The molecule has 0 bridgehead atoms. The molecule has 0 N–H and O–H groups in total. The molecule has 2 aromatic rings. The highest BCUT2D eigenvalue weighted by atomic mass is 15.0. The highest BCUT2D eigenvalue weighted by Gasteiger charge is 2.18. The summed E-state index contributed by atoms with van der Waals surface area (Å²) in [5.74, 6) is 0. The summed E-state index contributed by atoms with van der Waals surface area (Å²) in [6.07, 6.45) is 4.16. The normalized spacial score (nSPS) is 13.5. The SMILES string of the molecule is Cn1cnc2c1CCc1ccccc1-2. The number of fused-ring (bicyclic) bond motifs is 3. The zero-order valence-corrected chi connectivity index (χ0v) is 8.20. The number of aromatic nitrogens is 2. The molecule has 0 saturated carbocycles. The summed E-state index contributed by atoms with van der Waals surface area (Å²) in [6, 6.07) is 8.56. The standard InChI is InChI=1S/C12H12N2/c1-14-8-13-12-10-5-3-2-4-9(10)6-7-11(12)14/h2-5,8H,6-7H2,1H3. The van der Waals surface area contributed by atoms with Gasteiger partial charge in [-0.3, -0.25) is 0 Å². The molecule has 0 amide bonds. The molecule has 1 aliphatic carbocycles. The van der Waals surface area contributed by atoms with Gasteiger partial charge >= 0.3 is 0 Å². The van der Waals surface area contributed by atoms with Gasteiger partial charge in [0, 0.05) is 18.3 Å². The van der Waals surface area contributed by atoms with E-state index in [9.17, 15) is 0 Å². The lowest BCUT2D eigenvalue weighted by Gasteiger charge is -2.15. The first-order chi connectivity index (χ1) is 6.86. The van der Waals surface area contributed by atoms with Crippen molar-refractivity contribution in [1.29, 1.82) is 0 Å². The maximum atomic E-state index is 4.46. The van der Waals surface area contributed by atoms with Gasteiger partial charge in [-0.15, -0.1) is 0 Å². The Labute approximate surface area is 83.2 Å². The van der Waals surface area contributed by atoms with Gasteiger partial charge in [-0.1, -0.05) is 24.3 Å². The van der Waals surface area contributed by atoms with Crippen molar-refractivity contribution in [3.05, 3.63) is 41.9 Å². The van der Waals surface area contributed by atoms with Gasteiger partial charge < -0.3 is 4.57 Å². The van der Waals surface area contributed by atoms with Crippen molar-refractivity contribution >= 4 is 0 Å². The van der Waals surface area contributed by atoms with Gasteiger partial charge in [-0.05, 0) is 18.4 Å². The van der Waals surface area contributed by atoms with Gasteiger partial charge in [0.25, 0.3) is 0 Å². The fourth-order valence-electron chi connectivity index (χ4n) is 2.20. The molecule has 0 unspecified atom stereocenters. The first-order valence-electron chi connectivity index (χ1n) is 4.95. The minimum atomic E-state index is 1.11. The van der Waals surface area contributed by atoms with E-state index < -0.39 is 0 Å². The van der Waals surface area contributed by atoms with Crippen LogP contribution in [0, 0.1) is 0 Å². The number of aryl methyl sites for hydroxylation is 2. The third kappa shape index (κ3) is 0.939. The van der Waals surface area contributed by atoms with Crippen LogP contribution in [0.2, 0.25) is 0 Å². The Hall–Kier alpha value is -1.57. The van der Waals surface area contributed by atoms with Crippen LogP contribution in [0.3, 0.4) is 0 Å². The topological polar surface area (TPSA) is 17.8 Å².